The van der Waals surface area contributed by atoms with Gasteiger partial charge in [-0.3, -0.25) is 9.59 Å². The summed E-state index contributed by atoms with van der Waals surface area (Å²) in [5.41, 5.74) is 9.09. The average Bonchev–Trinajstić information content (AvgIpc) is 3.33. The van der Waals surface area contributed by atoms with E-state index >= 15 is 0 Å². The number of carbonyl (C=O) groups is 2. The maximum atomic E-state index is 13.4. The number of aromatic nitrogens is 2. The first kappa shape index (κ1) is 25.6. The Kier molecular flexibility index (Phi) is 7.41. The summed E-state index contributed by atoms with van der Waals surface area (Å²) in [5, 5.41) is 3.70. The molecule has 2 aromatic heterocycles. The Morgan fingerprint density at radius 1 is 1.24 bits per heavy atom. The van der Waals surface area contributed by atoms with Gasteiger partial charge >= 0.3 is 11.8 Å². The highest BCUT2D eigenvalue weighted by Gasteiger charge is 2.34. The summed E-state index contributed by atoms with van der Waals surface area (Å²) in [4.78, 5) is 39.4. The van der Waals surface area contributed by atoms with Crippen molar-refractivity contribution in [2.45, 2.75) is 45.3 Å². The third-order valence-corrected chi connectivity index (χ3v) is 8.40. The number of carbonyl (C=O) groups excluding carboxylic acids is 2. The number of thiazole rings is 1. The number of nitrogens with two attached hydrogens (primary N) is 1. The summed E-state index contributed by atoms with van der Waals surface area (Å²) in [7, 11) is 2.10. The normalized spacial score (nSPS) is 22.8. The summed E-state index contributed by atoms with van der Waals surface area (Å²) >= 11 is 1.66. The quantitative estimate of drug-likeness (QED) is 0.501. The number of morpholine rings is 1. The predicted octanol–water partition coefficient (Wildman–Crippen LogP) is 3.78. The number of nitrogen functional groups attached to an aromatic ring is 1. The van der Waals surface area contributed by atoms with Gasteiger partial charge in [0.05, 0.1) is 34.7 Å². The molecule has 2 aliphatic rings. The first-order valence-electron chi connectivity index (χ1n) is 12.9. The van der Waals surface area contributed by atoms with Gasteiger partial charge < -0.3 is 25.6 Å². The molecule has 2 fully saturated rings. The van der Waals surface area contributed by atoms with E-state index in [-0.39, 0.29) is 12.1 Å². The van der Waals surface area contributed by atoms with Crippen LogP contribution >= 0.6 is 11.3 Å². The van der Waals surface area contributed by atoms with Gasteiger partial charge in [0.1, 0.15) is 16.9 Å². The monoisotopic (exact) mass is 522 g/mol. The van der Waals surface area contributed by atoms with Gasteiger partial charge in [-0.15, -0.1) is 11.3 Å². The second-order valence-electron chi connectivity index (χ2n) is 10.1. The molecule has 5 rings (SSSR count). The summed E-state index contributed by atoms with van der Waals surface area (Å²) in [6.45, 7) is 7.06. The molecule has 1 aromatic carbocycles. The van der Waals surface area contributed by atoms with E-state index in [0.717, 1.165) is 52.3 Å². The largest absolute Gasteiger partial charge is 0.383 e. The van der Waals surface area contributed by atoms with Crippen LogP contribution in [0.1, 0.15) is 55.0 Å². The van der Waals surface area contributed by atoms with Crippen LogP contribution in [0.25, 0.3) is 10.2 Å². The number of piperidine rings is 1. The van der Waals surface area contributed by atoms with Gasteiger partial charge in [0.25, 0.3) is 0 Å². The zero-order valence-corrected chi connectivity index (χ0v) is 22.4. The van der Waals surface area contributed by atoms with E-state index in [4.69, 9.17) is 15.5 Å². The zero-order valence-electron chi connectivity index (χ0n) is 21.6. The SMILES string of the molecule is CCc1cc(NC(=O)C(=O)N2CC(C)CC[C@@H]2c2ccc3sc(C4CN(C)CCO4)nc3c2)cnc1N. The molecule has 4 heterocycles. The van der Waals surface area contributed by atoms with Gasteiger partial charge in [0.15, 0.2) is 0 Å². The van der Waals surface area contributed by atoms with E-state index in [0.29, 0.717) is 37.0 Å². The predicted molar refractivity (Wildman–Crippen MR) is 145 cm³/mol. The molecule has 0 spiro atoms. The van der Waals surface area contributed by atoms with Crippen molar-refractivity contribution in [2.75, 3.05) is 44.3 Å². The van der Waals surface area contributed by atoms with Gasteiger partial charge in [-0.05, 0) is 61.6 Å². The molecule has 0 aliphatic carbocycles. The van der Waals surface area contributed by atoms with Crippen LogP contribution in [0.2, 0.25) is 0 Å². The second kappa shape index (κ2) is 10.7. The molecule has 3 atom stereocenters. The number of ether oxygens (including phenoxy) is 1. The maximum Gasteiger partial charge on any atom is 0.313 e. The number of benzene rings is 1. The standard InChI is InChI=1S/C27H34N6O3S/c1-4-17-11-19(13-29-24(17)28)30-25(34)27(35)33-14-16(2)5-7-21(33)18-6-8-23-20(12-18)31-26(37-23)22-15-32(3)9-10-36-22/h6,8,11-13,16,21-22H,4-5,7,9-10,14-15H2,1-3H3,(H2,28,29)(H,30,34)/t16?,21-,22?/m1/s1. The highest BCUT2D eigenvalue weighted by Crippen LogP contribution is 2.37. The number of likely N-dealkylation sites (N-methyl/N-ethyl adjacent to an activating group) is 1. The fourth-order valence-electron chi connectivity index (χ4n) is 5.15. The van der Waals surface area contributed by atoms with E-state index in [1.54, 1.807) is 22.3 Å². The summed E-state index contributed by atoms with van der Waals surface area (Å²) < 4.78 is 7.06. The maximum absolute atomic E-state index is 13.4. The third-order valence-electron chi connectivity index (χ3n) is 7.27. The number of pyridine rings is 1. The van der Waals surface area contributed by atoms with Gasteiger partial charge in [-0.25, -0.2) is 9.97 Å². The number of amides is 2. The van der Waals surface area contributed by atoms with Crippen molar-refractivity contribution in [1.29, 1.82) is 0 Å². The molecule has 3 N–H and O–H groups in total. The zero-order chi connectivity index (χ0) is 26.1. The van der Waals surface area contributed by atoms with Gasteiger partial charge in [-0.2, -0.15) is 0 Å². The van der Waals surface area contributed by atoms with Crippen molar-refractivity contribution in [3.8, 4) is 0 Å². The van der Waals surface area contributed by atoms with Gasteiger partial charge in [0.2, 0.25) is 0 Å². The van der Waals surface area contributed by atoms with Crippen LogP contribution in [0.5, 0.6) is 0 Å². The van der Waals surface area contributed by atoms with Crippen LogP contribution in [0.15, 0.2) is 30.5 Å². The molecule has 2 saturated heterocycles. The molecule has 9 nitrogen and oxygen atoms in total. The van der Waals surface area contributed by atoms with Crippen molar-refractivity contribution in [2.24, 2.45) is 5.92 Å². The van der Waals surface area contributed by atoms with Crippen LogP contribution in [0.3, 0.4) is 0 Å². The van der Waals surface area contributed by atoms with Crippen molar-refractivity contribution in [3.05, 3.63) is 46.6 Å². The van der Waals surface area contributed by atoms with Crippen LogP contribution in [0, 0.1) is 5.92 Å². The lowest BCUT2D eigenvalue weighted by atomic mass is 9.89. The van der Waals surface area contributed by atoms with Crippen LogP contribution < -0.4 is 11.1 Å². The number of anilines is 2. The Hall–Kier alpha value is -3.08. The fourth-order valence-corrected chi connectivity index (χ4v) is 6.13. The molecule has 37 heavy (non-hydrogen) atoms. The van der Waals surface area contributed by atoms with Crippen molar-refractivity contribution in [1.82, 2.24) is 19.8 Å². The lowest BCUT2D eigenvalue weighted by molar-refractivity contribution is -0.146. The Morgan fingerprint density at radius 2 is 2.08 bits per heavy atom. The Labute approximate surface area is 221 Å². The molecule has 2 amide bonds. The molecule has 0 radical (unpaired) electrons. The number of rotatable bonds is 4. The minimum Gasteiger partial charge on any atom is -0.383 e. The smallest absolute Gasteiger partial charge is 0.313 e. The number of nitrogens with one attached hydrogen (secondary N) is 1. The number of fused-ring (bicyclic) bond motifs is 1. The molecular weight excluding hydrogens is 488 g/mol. The van der Waals surface area contributed by atoms with Crippen molar-refractivity contribution < 1.29 is 14.3 Å². The summed E-state index contributed by atoms with van der Waals surface area (Å²) in [6.07, 6.45) is 3.93. The minimum absolute atomic E-state index is 0.0204. The fraction of sp³-hybridized carbons (Fsp3) is 0.481. The van der Waals surface area contributed by atoms with E-state index in [1.807, 2.05) is 6.92 Å². The Balaban J connectivity index is 1.36. The Bertz CT molecular complexity index is 1310. The molecule has 2 aliphatic heterocycles. The van der Waals surface area contributed by atoms with Crippen molar-refractivity contribution in [3.63, 3.8) is 0 Å². The minimum atomic E-state index is -0.664. The summed E-state index contributed by atoms with van der Waals surface area (Å²) in [5.74, 6) is -0.459. The van der Waals surface area contributed by atoms with Crippen LogP contribution in [0.4, 0.5) is 11.5 Å². The second-order valence-corrected chi connectivity index (χ2v) is 11.2. The molecule has 3 aromatic rings. The third kappa shape index (κ3) is 5.46. The van der Waals surface area contributed by atoms with E-state index < -0.39 is 11.8 Å². The van der Waals surface area contributed by atoms with Crippen molar-refractivity contribution >= 4 is 44.9 Å². The highest BCUT2D eigenvalue weighted by molar-refractivity contribution is 7.18. The molecular formula is C27H34N6O3S. The molecule has 0 bridgehead atoms. The number of nitrogens with zero attached hydrogens (tertiary/aromatic N) is 4. The number of aryl methyl sites for hydroxylation is 1. The lowest BCUT2D eigenvalue weighted by Gasteiger charge is -2.38. The molecule has 0 saturated carbocycles. The number of hydrogen-bond donors (Lipinski definition) is 2. The first-order valence-corrected chi connectivity index (χ1v) is 13.7. The number of likely N-dealkylation sites (tertiary alicyclic amines) is 1. The average molecular weight is 523 g/mol. The molecule has 196 valence electrons. The van der Waals surface area contributed by atoms with E-state index in [9.17, 15) is 9.59 Å². The lowest BCUT2D eigenvalue weighted by Crippen LogP contribution is -2.46. The van der Waals surface area contributed by atoms with Gasteiger partial charge in [0, 0.05) is 19.6 Å². The van der Waals surface area contributed by atoms with E-state index in [2.05, 4.69) is 47.4 Å². The molecule has 10 heteroatoms. The first-order chi connectivity index (χ1) is 17.8. The Morgan fingerprint density at radius 3 is 2.86 bits per heavy atom. The van der Waals surface area contributed by atoms with Crippen LogP contribution in [-0.2, 0) is 20.7 Å². The van der Waals surface area contributed by atoms with E-state index in [1.165, 1.54) is 6.20 Å². The topological polar surface area (TPSA) is 114 Å². The molecule has 2 unspecified atom stereocenters. The van der Waals surface area contributed by atoms with Crippen LogP contribution in [-0.4, -0.2) is 64.9 Å². The summed E-state index contributed by atoms with van der Waals surface area (Å²) in [6, 6.07) is 7.79. The number of hydrogen-bond acceptors (Lipinski definition) is 8. The van der Waals surface area contributed by atoms with Gasteiger partial charge in [-0.1, -0.05) is 19.9 Å². The highest BCUT2D eigenvalue weighted by atomic mass is 32.1.